The second kappa shape index (κ2) is 14.4. The highest BCUT2D eigenvalue weighted by molar-refractivity contribution is 5.98. The average molecular weight is 612 g/mol. The molecule has 6 N–H and O–H groups in total. The number of hydrogen-bond donors (Lipinski definition) is 5. The molecule has 0 saturated carbocycles. The molecule has 3 aromatic carbocycles. The van der Waals surface area contributed by atoms with Gasteiger partial charge in [0.25, 0.3) is 5.91 Å². The van der Waals surface area contributed by atoms with Crippen LogP contribution in [0.1, 0.15) is 58.9 Å². The highest BCUT2D eigenvalue weighted by atomic mass is 19.4. The maximum atomic E-state index is 13.6. The number of carbonyl (C=O) groups excluding carboxylic acids is 3. The lowest BCUT2D eigenvalue weighted by Gasteiger charge is -2.37. The number of amides is 3. The number of alkyl halides is 3. The van der Waals surface area contributed by atoms with Gasteiger partial charge >= 0.3 is 6.18 Å². The van der Waals surface area contributed by atoms with Gasteiger partial charge in [-0.2, -0.15) is 13.2 Å². The predicted octanol–water partition coefficient (Wildman–Crippen LogP) is 4.84. The molecule has 0 aromatic heterocycles. The molecule has 0 bridgehead atoms. The molecule has 3 amide bonds. The van der Waals surface area contributed by atoms with Crippen LogP contribution in [0.15, 0.2) is 66.7 Å². The van der Waals surface area contributed by atoms with Crippen LogP contribution in [0.25, 0.3) is 0 Å². The van der Waals surface area contributed by atoms with Crippen LogP contribution in [0.2, 0.25) is 0 Å². The minimum atomic E-state index is -4.70. The Labute approximate surface area is 256 Å². The van der Waals surface area contributed by atoms with E-state index in [1.54, 1.807) is 12.1 Å². The van der Waals surface area contributed by atoms with Gasteiger partial charge in [0.15, 0.2) is 0 Å². The van der Waals surface area contributed by atoms with E-state index in [9.17, 15) is 27.6 Å². The summed E-state index contributed by atoms with van der Waals surface area (Å²) in [6, 6.07) is 16.3. The molecule has 0 spiro atoms. The summed E-state index contributed by atoms with van der Waals surface area (Å²) < 4.78 is 40.9. The fourth-order valence-corrected chi connectivity index (χ4v) is 4.82. The van der Waals surface area contributed by atoms with E-state index in [0.29, 0.717) is 6.54 Å². The Hall–Kier alpha value is -4.38. The molecule has 0 aliphatic heterocycles. The van der Waals surface area contributed by atoms with Crippen molar-refractivity contribution < 1.29 is 27.6 Å². The van der Waals surface area contributed by atoms with Crippen molar-refractivity contribution in [3.63, 3.8) is 0 Å². The number of benzene rings is 3. The third-order valence-corrected chi connectivity index (χ3v) is 7.17. The van der Waals surface area contributed by atoms with Crippen molar-refractivity contribution in [3.8, 4) is 0 Å². The number of aryl methyl sites for hydroxylation is 2. The molecule has 44 heavy (non-hydrogen) atoms. The van der Waals surface area contributed by atoms with Gasteiger partial charge < -0.3 is 27.0 Å². The molecule has 236 valence electrons. The fourth-order valence-electron chi connectivity index (χ4n) is 4.82. The Balaban J connectivity index is 1.70. The van der Waals surface area contributed by atoms with Crippen molar-refractivity contribution in [3.05, 3.63) is 100 Å². The van der Waals surface area contributed by atoms with Crippen molar-refractivity contribution in [2.24, 2.45) is 11.1 Å². The number of anilines is 1. The van der Waals surface area contributed by atoms with Crippen LogP contribution in [0.3, 0.4) is 0 Å². The van der Waals surface area contributed by atoms with E-state index in [-0.39, 0.29) is 17.8 Å². The normalized spacial score (nSPS) is 13.1. The molecule has 0 saturated heterocycles. The summed E-state index contributed by atoms with van der Waals surface area (Å²) in [6.07, 6.45) is -4.70. The minimum Gasteiger partial charge on any atom is -0.381 e. The average Bonchev–Trinajstić information content (AvgIpc) is 2.94. The Kier molecular flexibility index (Phi) is 11.2. The molecular weight excluding hydrogens is 571 g/mol. The number of halogens is 3. The molecule has 0 heterocycles. The van der Waals surface area contributed by atoms with Crippen molar-refractivity contribution >= 4 is 23.4 Å². The van der Waals surface area contributed by atoms with Crippen LogP contribution in [-0.2, 0) is 28.9 Å². The van der Waals surface area contributed by atoms with E-state index < -0.39 is 53.5 Å². The number of nitrogens with two attached hydrogens (primary N) is 1. The molecule has 8 nitrogen and oxygen atoms in total. The van der Waals surface area contributed by atoms with Crippen LogP contribution < -0.4 is 27.0 Å². The molecule has 3 rings (SSSR count). The zero-order valence-corrected chi connectivity index (χ0v) is 25.6. The molecule has 0 aliphatic carbocycles. The van der Waals surface area contributed by atoms with Gasteiger partial charge in [0.2, 0.25) is 11.8 Å². The highest BCUT2D eigenvalue weighted by Gasteiger charge is 2.36. The van der Waals surface area contributed by atoms with E-state index in [0.717, 1.165) is 34.4 Å². The molecular formula is C33H40F3N5O3. The van der Waals surface area contributed by atoms with Gasteiger partial charge in [-0.1, -0.05) is 74.9 Å². The van der Waals surface area contributed by atoms with Crippen molar-refractivity contribution in [1.82, 2.24) is 16.0 Å². The third kappa shape index (κ3) is 9.84. The van der Waals surface area contributed by atoms with Crippen LogP contribution in [-0.4, -0.2) is 36.3 Å². The van der Waals surface area contributed by atoms with Gasteiger partial charge in [-0.05, 0) is 54.2 Å². The molecule has 2 unspecified atom stereocenters. The van der Waals surface area contributed by atoms with Gasteiger partial charge in [0.05, 0.1) is 12.1 Å². The first-order valence-corrected chi connectivity index (χ1v) is 14.2. The summed E-state index contributed by atoms with van der Waals surface area (Å²) in [4.78, 5) is 38.3. The second-order valence-corrected chi connectivity index (χ2v) is 11.9. The monoisotopic (exact) mass is 611 g/mol. The van der Waals surface area contributed by atoms with E-state index >= 15 is 0 Å². The maximum Gasteiger partial charge on any atom is 0.416 e. The summed E-state index contributed by atoms with van der Waals surface area (Å²) in [5, 5.41) is 11.2. The third-order valence-electron chi connectivity index (χ3n) is 7.17. The SMILES string of the molecule is Cc1ccc(CNC(C(NC(=O)CNC(=O)c2cc(NCc3ccccc3)cc(C(F)(F)F)c2)C(N)=O)C(C)(C)C)c(C)c1. The van der Waals surface area contributed by atoms with Gasteiger partial charge in [-0.25, -0.2) is 0 Å². The van der Waals surface area contributed by atoms with E-state index in [4.69, 9.17) is 5.73 Å². The first-order valence-electron chi connectivity index (χ1n) is 14.2. The highest BCUT2D eigenvalue weighted by Crippen LogP contribution is 2.32. The smallest absolute Gasteiger partial charge is 0.381 e. The second-order valence-electron chi connectivity index (χ2n) is 11.9. The van der Waals surface area contributed by atoms with E-state index in [2.05, 4.69) is 21.3 Å². The Bertz CT molecular complexity index is 1470. The maximum absolute atomic E-state index is 13.6. The molecule has 0 aliphatic rings. The fraction of sp³-hybridized carbons (Fsp3) is 0.364. The zero-order valence-electron chi connectivity index (χ0n) is 25.6. The summed E-state index contributed by atoms with van der Waals surface area (Å²) in [5.41, 5.74) is 8.03. The first kappa shape index (κ1) is 34.1. The van der Waals surface area contributed by atoms with Gasteiger partial charge in [-0.15, -0.1) is 0 Å². The Morgan fingerprint density at radius 1 is 0.886 bits per heavy atom. The molecule has 11 heteroatoms. The van der Waals surface area contributed by atoms with E-state index in [1.165, 1.54) is 6.07 Å². The van der Waals surface area contributed by atoms with Crippen molar-refractivity contribution in [2.75, 3.05) is 11.9 Å². The van der Waals surface area contributed by atoms with Gasteiger partial charge in [-0.3, -0.25) is 14.4 Å². The first-order chi connectivity index (χ1) is 20.5. The van der Waals surface area contributed by atoms with Crippen molar-refractivity contribution in [1.29, 1.82) is 0 Å². The summed E-state index contributed by atoms with van der Waals surface area (Å²) in [6.45, 7) is 9.74. The summed E-state index contributed by atoms with van der Waals surface area (Å²) >= 11 is 0. The number of rotatable bonds is 12. The standard InChI is InChI=1S/C33H40F3N5O3/c1-20-11-12-23(21(2)13-20)18-39-29(32(3,4)5)28(30(37)43)41-27(42)19-40-31(44)24-14-25(33(34,35)36)16-26(15-24)38-17-22-9-7-6-8-10-22/h6-16,28-29,38-39H,17-19H2,1-5H3,(H2,37,43)(H,40,44)(H,41,42). The van der Waals surface area contributed by atoms with E-state index in [1.807, 2.05) is 71.0 Å². The lowest BCUT2D eigenvalue weighted by Crippen LogP contribution is -2.61. The molecule has 0 radical (unpaired) electrons. The minimum absolute atomic E-state index is 0.0926. The molecule has 3 aromatic rings. The van der Waals surface area contributed by atoms with Crippen LogP contribution in [0.5, 0.6) is 0 Å². The number of hydrogen-bond acceptors (Lipinski definition) is 5. The zero-order chi connectivity index (χ0) is 32.7. The number of primary amides is 1. The Morgan fingerprint density at radius 3 is 2.16 bits per heavy atom. The summed E-state index contributed by atoms with van der Waals surface area (Å²) in [7, 11) is 0. The van der Waals surface area contributed by atoms with Crippen LogP contribution in [0, 0.1) is 19.3 Å². The summed E-state index contributed by atoms with van der Waals surface area (Å²) in [5.74, 6) is -2.38. The lowest BCUT2D eigenvalue weighted by molar-refractivity contribution is -0.137. The van der Waals surface area contributed by atoms with Gasteiger partial charge in [0.1, 0.15) is 6.04 Å². The van der Waals surface area contributed by atoms with Crippen LogP contribution in [0.4, 0.5) is 18.9 Å². The Morgan fingerprint density at radius 2 is 1.57 bits per heavy atom. The molecule has 0 fully saturated rings. The number of nitrogens with one attached hydrogen (secondary N) is 4. The molecule has 2 atom stereocenters. The predicted molar refractivity (Wildman–Crippen MR) is 165 cm³/mol. The largest absolute Gasteiger partial charge is 0.416 e. The number of carbonyl (C=O) groups is 3. The van der Waals surface area contributed by atoms with Crippen LogP contribution >= 0.6 is 0 Å². The van der Waals surface area contributed by atoms with Gasteiger partial charge in [0, 0.05) is 30.4 Å². The quantitative estimate of drug-likeness (QED) is 0.201. The van der Waals surface area contributed by atoms with Crippen molar-refractivity contribution in [2.45, 2.75) is 66.0 Å². The lowest BCUT2D eigenvalue weighted by atomic mass is 9.81. The topological polar surface area (TPSA) is 125 Å².